The van der Waals surface area contributed by atoms with Crippen molar-refractivity contribution in [2.75, 3.05) is 13.7 Å². The summed E-state index contributed by atoms with van der Waals surface area (Å²) < 4.78 is 33.8. The van der Waals surface area contributed by atoms with Crippen LogP contribution in [0.4, 0.5) is 0 Å². The van der Waals surface area contributed by atoms with Gasteiger partial charge >= 0.3 is 0 Å². The van der Waals surface area contributed by atoms with E-state index in [0.717, 1.165) is 48.8 Å². The summed E-state index contributed by atoms with van der Waals surface area (Å²) in [5, 5.41) is 3.23. The highest BCUT2D eigenvalue weighted by Gasteiger charge is 2.34. The number of carbonyl (C=O) groups excluding carboxylic acids is 1. The maximum Gasteiger partial charge on any atom is 0.243 e. The van der Waals surface area contributed by atoms with E-state index < -0.39 is 10.0 Å². The summed E-state index contributed by atoms with van der Waals surface area (Å²) in [5.41, 5.74) is 4.49. The average molecular weight is 507 g/mol. The number of aryl methyl sites for hydroxylation is 3. The van der Waals surface area contributed by atoms with Gasteiger partial charge in [-0.15, -0.1) is 0 Å². The fourth-order valence-electron chi connectivity index (χ4n) is 4.68. The molecule has 2 aromatic carbocycles. The minimum atomic E-state index is -3.93. The fraction of sp³-hybridized carbons (Fsp3) is 0.500. The lowest BCUT2D eigenvalue weighted by molar-refractivity contribution is -0.122. The van der Waals surface area contributed by atoms with Crippen LogP contribution in [0.15, 0.2) is 35.2 Å². The lowest BCUT2D eigenvalue weighted by Gasteiger charge is -2.33. The Balaban J connectivity index is 1.85. The van der Waals surface area contributed by atoms with Crippen molar-refractivity contribution < 1.29 is 17.9 Å². The average Bonchev–Trinajstić information content (AvgIpc) is 2.80. The van der Waals surface area contributed by atoms with Gasteiger partial charge in [-0.1, -0.05) is 43.0 Å². The molecule has 186 valence electrons. The minimum Gasteiger partial charge on any atom is -0.495 e. The van der Waals surface area contributed by atoms with Crippen molar-refractivity contribution in [3.05, 3.63) is 57.6 Å². The van der Waals surface area contributed by atoms with Gasteiger partial charge in [0.15, 0.2) is 0 Å². The number of hydrogen-bond acceptors (Lipinski definition) is 4. The first-order valence-electron chi connectivity index (χ1n) is 11.8. The molecule has 0 aromatic heterocycles. The Morgan fingerprint density at radius 2 is 1.74 bits per heavy atom. The molecule has 1 atom stereocenters. The van der Waals surface area contributed by atoms with Crippen molar-refractivity contribution >= 4 is 27.5 Å². The topological polar surface area (TPSA) is 75.7 Å². The van der Waals surface area contributed by atoms with Gasteiger partial charge in [-0.3, -0.25) is 4.79 Å². The SMILES string of the molecule is COc1ccc(S(=O)(=O)N(CC(=O)N[C@H](C)c2cc(C)c(C)cc2C)C2CCCCC2)cc1Cl. The van der Waals surface area contributed by atoms with E-state index in [4.69, 9.17) is 16.3 Å². The van der Waals surface area contributed by atoms with Crippen LogP contribution >= 0.6 is 11.6 Å². The lowest BCUT2D eigenvalue weighted by Crippen LogP contribution is -2.47. The monoisotopic (exact) mass is 506 g/mol. The standard InChI is InChI=1S/C26H35ClN2O4S/c1-17-13-19(3)23(14-18(17)2)20(4)28-26(30)16-29(21-9-7-6-8-10-21)34(31,32)22-11-12-25(33-5)24(27)15-22/h11-15,20-21H,6-10,16H2,1-5H3,(H,28,30)/t20-/m1/s1. The van der Waals surface area contributed by atoms with Gasteiger partial charge in [0, 0.05) is 6.04 Å². The quantitative estimate of drug-likeness (QED) is 0.514. The molecule has 1 saturated carbocycles. The minimum absolute atomic E-state index is 0.0646. The van der Waals surface area contributed by atoms with E-state index in [-0.39, 0.29) is 34.5 Å². The Bertz CT molecular complexity index is 1140. The Hall–Kier alpha value is -2.09. The molecule has 0 saturated heterocycles. The first-order valence-corrected chi connectivity index (χ1v) is 13.6. The van der Waals surface area contributed by atoms with E-state index in [0.29, 0.717) is 5.75 Å². The van der Waals surface area contributed by atoms with Crippen LogP contribution in [0.2, 0.25) is 5.02 Å². The largest absolute Gasteiger partial charge is 0.495 e. The summed E-state index contributed by atoms with van der Waals surface area (Å²) in [6.45, 7) is 7.83. The van der Waals surface area contributed by atoms with Crippen LogP contribution in [0.25, 0.3) is 0 Å². The molecule has 0 unspecified atom stereocenters. The number of halogens is 1. The van der Waals surface area contributed by atoms with Crippen molar-refractivity contribution in [1.82, 2.24) is 9.62 Å². The summed E-state index contributed by atoms with van der Waals surface area (Å²) in [5.74, 6) is 0.0825. The third kappa shape index (κ3) is 5.93. The number of benzene rings is 2. The number of nitrogens with zero attached hydrogens (tertiary/aromatic N) is 1. The number of carbonyl (C=O) groups is 1. The maximum atomic E-state index is 13.7. The molecule has 2 aromatic rings. The molecule has 1 aliphatic rings. The Morgan fingerprint density at radius 3 is 2.35 bits per heavy atom. The molecular weight excluding hydrogens is 472 g/mol. The summed E-state index contributed by atoms with van der Waals surface area (Å²) >= 11 is 6.22. The predicted octanol–water partition coefficient (Wildman–Crippen LogP) is 5.47. The number of nitrogens with one attached hydrogen (secondary N) is 1. The van der Waals surface area contributed by atoms with Crippen molar-refractivity contribution in [2.24, 2.45) is 0 Å². The second-order valence-electron chi connectivity index (χ2n) is 9.22. The molecule has 3 rings (SSSR count). The normalized spacial score (nSPS) is 15.9. The fourth-order valence-corrected chi connectivity index (χ4v) is 6.67. The molecule has 0 aliphatic heterocycles. The molecule has 0 spiro atoms. The third-order valence-electron chi connectivity index (χ3n) is 6.74. The number of rotatable bonds is 8. The van der Waals surface area contributed by atoms with Crippen LogP contribution in [-0.4, -0.2) is 38.3 Å². The van der Waals surface area contributed by atoms with E-state index in [1.807, 2.05) is 20.8 Å². The Morgan fingerprint density at radius 1 is 1.09 bits per heavy atom. The van der Waals surface area contributed by atoms with Crippen molar-refractivity contribution in [3.63, 3.8) is 0 Å². The van der Waals surface area contributed by atoms with Crippen molar-refractivity contribution in [2.45, 2.75) is 76.8 Å². The molecule has 1 fully saturated rings. The zero-order valence-corrected chi connectivity index (χ0v) is 22.2. The van der Waals surface area contributed by atoms with Crippen LogP contribution in [0.5, 0.6) is 5.75 Å². The van der Waals surface area contributed by atoms with E-state index in [1.165, 1.54) is 29.1 Å². The molecule has 1 aliphatic carbocycles. The number of methoxy groups -OCH3 is 1. The summed E-state index contributed by atoms with van der Waals surface area (Å²) in [6.07, 6.45) is 4.44. The van der Waals surface area contributed by atoms with Gasteiger partial charge in [0.05, 0.1) is 29.6 Å². The molecule has 34 heavy (non-hydrogen) atoms. The molecule has 1 N–H and O–H groups in total. The Kier molecular flexibility index (Phi) is 8.66. The first kappa shape index (κ1) is 26.5. The molecule has 6 nitrogen and oxygen atoms in total. The molecule has 0 heterocycles. The Labute approximate surface area is 208 Å². The highest BCUT2D eigenvalue weighted by Crippen LogP contribution is 2.32. The summed E-state index contributed by atoms with van der Waals surface area (Å²) in [6, 6.07) is 8.16. The van der Waals surface area contributed by atoms with E-state index >= 15 is 0 Å². The zero-order valence-electron chi connectivity index (χ0n) is 20.7. The van der Waals surface area contributed by atoms with E-state index in [2.05, 4.69) is 24.4 Å². The van der Waals surface area contributed by atoms with Gasteiger partial charge in [-0.05, 0) is 81.0 Å². The van der Waals surface area contributed by atoms with Crippen LogP contribution < -0.4 is 10.1 Å². The van der Waals surface area contributed by atoms with E-state index in [1.54, 1.807) is 6.07 Å². The maximum absolute atomic E-state index is 13.7. The zero-order chi connectivity index (χ0) is 25.0. The molecule has 0 radical (unpaired) electrons. The van der Waals surface area contributed by atoms with Gasteiger partial charge < -0.3 is 10.1 Å². The van der Waals surface area contributed by atoms with Crippen molar-refractivity contribution in [3.8, 4) is 5.75 Å². The smallest absolute Gasteiger partial charge is 0.243 e. The molecule has 1 amide bonds. The van der Waals surface area contributed by atoms with Crippen LogP contribution in [-0.2, 0) is 14.8 Å². The highest BCUT2D eigenvalue weighted by molar-refractivity contribution is 7.89. The van der Waals surface area contributed by atoms with Gasteiger partial charge in [0.1, 0.15) is 5.75 Å². The van der Waals surface area contributed by atoms with E-state index in [9.17, 15) is 13.2 Å². The predicted molar refractivity (Wildman–Crippen MR) is 136 cm³/mol. The number of sulfonamides is 1. The van der Waals surface area contributed by atoms with Gasteiger partial charge in [-0.25, -0.2) is 8.42 Å². The molecule has 0 bridgehead atoms. The van der Waals surface area contributed by atoms with Gasteiger partial charge in [-0.2, -0.15) is 4.31 Å². The van der Waals surface area contributed by atoms with Crippen LogP contribution in [0, 0.1) is 20.8 Å². The molecule has 8 heteroatoms. The number of ether oxygens (including phenoxy) is 1. The first-order chi connectivity index (χ1) is 16.0. The van der Waals surface area contributed by atoms with Crippen molar-refractivity contribution in [1.29, 1.82) is 0 Å². The number of hydrogen-bond donors (Lipinski definition) is 1. The van der Waals surface area contributed by atoms with Crippen LogP contribution in [0.3, 0.4) is 0 Å². The lowest BCUT2D eigenvalue weighted by atomic mass is 9.95. The second kappa shape index (κ2) is 11.1. The highest BCUT2D eigenvalue weighted by atomic mass is 35.5. The number of amides is 1. The van der Waals surface area contributed by atoms with Crippen LogP contribution in [0.1, 0.15) is 67.3 Å². The van der Waals surface area contributed by atoms with Gasteiger partial charge in [0.2, 0.25) is 15.9 Å². The second-order valence-corrected chi connectivity index (χ2v) is 11.5. The molecular formula is C26H35ClN2O4S. The third-order valence-corrected chi connectivity index (χ3v) is 8.93. The van der Waals surface area contributed by atoms with Gasteiger partial charge in [0.25, 0.3) is 0 Å². The summed E-state index contributed by atoms with van der Waals surface area (Å²) in [7, 11) is -2.45. The summed E-state index contributed by atoms with van der Waals surface area (Å²) in [4.78, 5) is 13.2.